The van der Waals surface area contributed by atoms with Crippen LogP contribution in [0.5, 0.6) is 0 Å². The first-order chi connectivity index (χ1) is 19.6. The first-order valence-electron chi connectivity index (χ1n) is 13.6. The molecular weight excluding hydrogens is 530 g/mol. The molecule has 2 aromatic carbocycles. The Bertz CT molecular complexity index is 1480. The Morgan fingerprint density at radius 3 is 2.52 bits per heavy atom. The molecule has 11 heteroatoms. The summed E-state index contributed by atoms with van der Waals surface area (Å²) in [6, 6.07) is 15.7. The summed E-state index contributed by atoms with van der Waals surface area (Å²) in [7, 11) is 1.34. The minimum absolute atomic E-state index is 0.243. The van der Waals surface area contributed by atoms with Gasteiger partial charge in [0.05, 0.1) is 37.9 Å². The number of likely N-dealkylation sites (tertiary alicyclic amines) is 1. The zero-order chi connectivity index (χ0) is 27.5. The number of amides is 1. The fraction of sp³-hybridized carbons (Fsp3) is 0.379. The maximum Gasteiger partial charge on any atom is 0.411 e. The van der Waals surface area contributed by atoms with E-state index in [9.17, 15) is 4.79 Å². The molecule has 208 valence electrons. The van der Waals surface area contributed by atoms with Crippen molar-refractivity contribution in [1.29, 1.82) is 0 Å². The number of aromatic nitrogens is 4. The Morgan fingerprint density at radius 1 is 1.05 bits per heavy atom. The number of morpholine rings is 1. The van der Waals surface area contributed by atoms with Crippen molar-refractivity contribution in [3.63, 3.8) is 0 Å². The van der Waals surface area contributed by atoms with E-state index in [2.05, 4.69) is 25.9 Å². The van der Waals surface area contributed by atoms with Gasteiger partial charge in [0, 0.05) is 49.0 Å². The third-order valence-electron chi connectivity index (χ3n) is 7.57. The summed E-state index contributed by atoms with van der Waals surface area (Å²) >= 11 is 6.41. The van der Waals surface area contributed by atoms with E-state index >= 15 is 0 Å². The molecule has 2 saturated heterocycles. The van der Waals surface area contributed by atoms with Crippen LogP contribution >= 0.6 is 11.6 Å². The summed E-state index contributed by atoms with van der Waals surface area (Å²) < 4.78 is 12.4. The van der Waals surface area contributed by atoms with Crippen molar-refractivity contribution in [2.45, 2.75) is 25.4 Å². The number of carbonyl (C=O) groups is 1. The average molecular weight is 562 g/mol. The molecule has 2 aromatic heterocycles. The van der Waals surface area contributed by atoms with Crippen molar-refractivity contribution in [3.8, 4) is 11.4 Å². The van der Waals surface area contributed by atoms with Gasteiger partial charge >= 0.3 is 6.09 Å². The minimum atomic E-state index is -0.512. The number of ether oxygens (including phenoxy) is 2. The van der Waals surface area contributed by atoms with E-state index in [1.165, 1.54) is 7.11 Å². The summed E-state index contributed by atoms with van der Waals surface area (Å²) in [5, 5.41) is 9.30. The van der Waals surface area contributed by atoms with Crippen LogP contribution in [0.15, 0.2) is 54.7 Å². The van der Waals surface area contributed by atoms with E-state index in [-0.39, 0.29) is 6.04 Å². The number of piperidine rings is 1. The Morgan fingerprint density at radius 2 is 1.80 bits per heavy atom. The number of carbonyl (C=O) groups excluding carboxylic acids is 1. The van der Waals surface area contributed by atoms with Gasteiger partial charge in [-0.2, -0.15) is 5.10 Å². The molecule has 10 nitrogen and oxygen atoms in total. The van der Waals surface area contributed by atoms with Crippen LogP contribution in [0.2, 0.25) is 5.02 Å². The van der Waals surface area contributed by atoms with Crippen LogP contribution in [0, 0.1) is 0 Å². The molecule has 40 heavy (non-hydrogen) atoms. The number of benzene rings is 2. The predicted molar refractivity (Wildman–Crippen MR) is 155 cm³/mol. The average Bonchev–Trinajstić information content (AvgIpc) is 3.43. The lowest BCUT2D eigenvalue weighted by Crippen LogP contribution is -2.37. The van der Waals surface area contributed by atoms with Gasteiger partial charge in [0.1, 0.15) is 5.82 Å². The summed E-state index contributed by atoms with van der Waals surface area (Å²) in [5.74, 6) is 1.50. The summed E-state index contributed by atoms with van der Waals surface area (Å²) in [6.45, 7) is 5.61. The molecule has 2 aliphatic rings. The molecular formula is C29H32ClN7O3. The predicted octanol–water partition coefficient (Wildman–Crippen LogP) is 5.00. The van der Waals surface area contributed by atoms with Gasteiger partial charge in [0.25, 0.3) is 0 Å². The van der Waals surface area contributed by atoms with E-state index in [1.54, 1.807) is 0 Å². The van der Waals surface area contributed by atoms with E-state index in [0.717, 1.165) is 78.6 Å². The Labute approximate surface area is 237 Å². The van der Waals surface area contributed by atoms with Gasteiger partial charge in [-0.05, 0) is 48.7 Å². The third-order valence-corrected chi connectivity index (χ3v) is 7.94. The van der Waals surface area contributed by atoms with Gasteiger partial charge in [-0.1, -0.05) is 29.8 Å². The van der Waals surface area contributed by atoms with Crippen molar-refractivity contribution >= 4 is 40.2 Å². The van der Waals surface area contributed by atoms with Gasteiger partial charge < -0.3 is 14.4 Å². The van der Waals surface area contributed by atoms with Gasteiger partial charge in [-0.3, -0.25) is 10.2 Å². The molecule has 0 spiro atoms. The van der Waals surface area contributed by atoms with Gasteiger partial charge in [0.2, 0.25) is 0 Å². The molecule has 0 unspecified atom stereocenters. The van der Waals surface area contributed by atoms with Crippen LogP contribution < -0.4 is 10.2 Å². The van der Waals surface area contributed by atoms with Crippen LogP contribution in [0.3, 0.4) is 0 Å². The number of nitrogens with one attached hydrogen (secondary N) is 1. The molecule has 0 radical (unpaired) electrons. The van der Waals surface area contributed by atoms with Crippen LogP contribution in [0.4, 0.5) is 16.3 Å². The highest BCUT2D eigenvalue weighted by Gasteiger charge is 2.26. The smallest absolute Gasteiger partial charge is 0.411 e. The Kier molecular flexibility index (Phi) is 7.81. The van der Waals surface area contributed by atoms with E-state index in [0.29, 0.717) is 24.7 Å². The number of rotatable bonds is 6. The van der Waals surface area contributed by atoms with Crippen LogP contribution in [0.25, 0.3) is 22.4 Å². The number of hydrogen-bond acceptors (Lipinski definition) is 8. The van der Waals surface area contributed by atoms with Crippen LogP contribution in [0.1, 0.15) is 24.4 Å². The van der Waals surface area contributed by atoms with Gasteiger partial charge in [0.15, 0.2) is 11.5 Å². The van der Waals surface area contributed by atoms with E-state index < -0.39 is 6.09 Å². The van der Waals surface area contributed by atoms with Crippen molar-refractivity contribution in [2.24, 2.45) is 0 Å². The van der Waals surface area contributed by atoms with Crippen molar-refractivity contribution in [3.05, 3.63) is 65.3 Å². The highest BCUT2D eigenvalue weighted by molar-refractivity contribution is 6.31. The van der Waals surface area contributed by atoms with Crippen molar-refractivity contribution in [1.82, 2.24) is 24.6 Å². The second kappa shape index (κ2) is 11.8. The number of hydrogen-bond donors (Lipinski definition) is 1. The molecule has 6 rings (SSSR count). The molecule has 1 amide bonds. The number of halogens is 1. The second-order valence-electron chi connectivity index (χ2n) is 10.1. The third kappa shape index (κ3) is 5.60. The molecule has 0 aliphatic carbocycles. The molecule has 4 heterocycles. The van der Waals surface area contributed by atoms with Gasteiger partial charge in [-0.15, -0.1) is 0 Å². The summed E-state index contributed by atoms with van der Waals surface area (Å²) in [5.41, 5.74) is 3.49. The minimum Gasteiger partial charge on any atom is -0.453 e. The quantitative estimate of drug-likeness (QED) is 0.351. The molecule has 2 fully saturated rings. The SMILES string of the molecule is COC(=O)Nc1ccc(-c2nc(N3CCOCC3)c3cnn(C4CCN(Cc5ccccc5Cl)CC4)c3n2)cc1. The molecule has 4 aromatic rings. The van der Waals surface area contributed by atoms with Gasteiger partial charge in [-0.25, -0.2) is 19.4 Å². The molecule has 2 aliphatic heterocycles. The second-order valence-corrected chi connectivity index (χ2v) is 10.5. The topological polar surface area (TPSA) is 97.6 Å². The Balaban J connectivity index is 1.28. The number of nitrogens with zero attached hydrogens (tertiary/aromatic N) is 6. The zero-order valence-corrected chi connectivity index (χ0v) is 23.2. The van der Waals surface area contributed by atoms with Crippen molar-refractivity contribution in [2.75, 3.05) is 56.7 Å². The normalized spacial score (nSPS) is 16.8. The van der Waals surface area contributed by atoms with E-state index in [4.69, 9.17) is 36.1 Å². The molecule has 0 saturated carbocycles. The number of methoxy groups -OCH3 is 1. The standard InChI is InChI=1S/C29H32ClN7O3/c1-39-29(38)32-22-8-6-20(7-9-22)26-33-27(36-14-16-40-17-15-36)24-18-31-37(28(24)34-26)23-10-12-35(13-11-23)19-21-4-2-3-5-25(21)30/h2-9,18,23H,10-17,19H2,1H3,(H,32,38). The molecule has 0 bridgehead atoms. The Hall–Kier alpha value is -3.73. The van der Waals surface area contributed by atoms with E-state index in [1.807, 2.05) is 48.7 Å². The lowest BCUT2D eigenvalue weighted by Gasteiger charge is -2.32. The lowest BCUT2D eigenvalue weighted by atomic mass is 10.0. The highest BCUT2D eigenvalue weighted by atomic mass is 35.5. The maximum atomic E-state index is 11.6. The first-order valence-corrected chi connectivity index (χ1v) is 14.0. The number of anilines is 2. The molecule has 1 N–H and O–H groups in total. The largest absolute Gasteiger partial charge is 0.453 e. The highest BCUT2D eigenvalue weighted by Crippen LogP contribution is 2.33. The monoisotopic (exact) mass is 561 g/mol. The van der Waals surface area contributed by atoms with Crippen LogP contribution in [-0.4, -0.2) is 77.2 Å². The maximum absolute atomic E-state index is 11.6. The summed E-state index contributed by atoms with van der Waals surface area (Å²) in [4.78, 5) is 26.3. The van der Waals surface area contributed by atoms with Crippen LogP contribution in [-0.2, 0) is 16.0 Å². The molecule has 0 atom stereocenters. The fourth-order valence-electron chi connectivity index (χ4n) is 5.38. The fourth-order valence-corrected chi connectivity index (χ4v) is 5.58. The summed E-state index contributed by atoms with van der Waals surface area (Å²) in [6.07, 6.45) is 3.34. The lowest BCUT2D eigenvalue weighted by molar-refractivity contribution is 0.122. The van der Waals surface area contributed by atoms with Crippen molar-refractivity contribution < 1.29 is 14.3 Å². The zero-order valence-electron chi connectivity index (χ0n) is 22.4. The number of fused-ring (bicyclic) bond motifs is 1. The first kappa shape index (κ1) is 26.5.